The number of nitrogens with one attached hydrogen (secondary N) is 1. The van der Waals surface area contributed by atoms with E-state index >= 15 is 0 Å². The van der Waals surface area contributed by atoms with Crippen LogP contribution in [-0.2, 0) is 4.74 Å². The number of aryl methyl sites for hydroxylation is 1. The van der Waals surface area contributed by atoms with E-state index in [1.54, 1.807) is 0 Å². The quantitative estimate of drug-likeness (QED) is 0.702. The Morgan fingerprint density at radius 2 is 2.36 bits per heavy atom. The van der Waals surface area contributed by atoms with Crippen LogP contribution < -0.4 is 11.1 Å². The van der Waals surface area contributed by atoms with Gasteiger partial charge in [0.05, 0.1) is 12.6 Å². The van der Waals surface area contributed by atoms with E-state index in [-0.39, 0.29) is 0 Å². The summed E-state index contributed by atoms with van der Waals surface area (Å²) in [5, 5.41) is 3.40. The summed E-state index contributed by atoms with van der Waals surface area (Å²) in [6.45, 7) is 3.67. The van der Waals surface area contributed by atoms with Gasteiger partial charge in [-0.05, 0) is 31.0 Å². The predicted molar refractivity (Wildman–Crippen MR) is 58.4 cm³/mol. The average Bonchev–Trinajstić information content (AvgIpc) is 2.64. The summed E-state index contributed by atoms with van der Waals surface area (Å²) < 4.78 is 5.29. The second kappa shape index (κ2) is 3.88. The molecule has 0 saturated carbocycles. The van der Waals surface area contributed by atoms with Crippen molar-refractivity contribution >= 4 is 11.4 Å². The van der Waals surface area contributed by atoms with E-state index in [4.69, 9.17) is 10.5 Å². The molecule has 76 valence electrons. The molecule has 1 fully saturated rings. The summed E-state index contributed by atoms with van der Waals surface area (Å²) in [6.07, 6.45) is 1.08. The van der Waals surface area contributed by atoms with Crippen LogP contribution in [0.15, 0.2) is 18.2 Å². The van der Waals surface area contributed by atoms with Crippen molar-refractivity contribution in [2.75, 3.05) is 24.3 Å². The van der Waals surface area contributed by atoms with Gasteiger partial charge in [-0.15, -0.1) is 0 Å². The van der Waals surface area contributed by atoms with Crippen molar-refractivity contribution in [2.45, 2.75) is 19.4 Å². The summed E-state index contributed by atoms with van der Waals surface area (Å²) in [4.78, 5) is 0. The fourth-order valence-corrected chi connectivity index (χ4v) is 1.61. The van der Waals surface area contributed by atoms with Crippen LogP contribution in [0.4, 0.5) is 11.4 Å². The molecule has 1 atom stereocenters. The van der Waals surface area contributed by atoms with Gasteiger partial charge in [0.15, 0.2) is 0 Å². The van der Waals surface area contributed by atoms with Crippen molar-refractivity contribution in [2.24, 2.45) is 0 Å². The van der Waals surface area contributed by atoms with Crippen molar-refractivity contribution in [1.82, 2.24) is 0 Å². The lowest BCUT2D eigenvalue weighted by atomic mass is 10.1. The molecule has 1 aromatic rings. The van der Waals surface area contributed by atoms with E-state index in [2.05, 4.69) is 11.4 Å². The van der Waals surface area contributed by atoms with E-state index in [1.807, 2.05) is 19.1 Å². The Balaban J connectivity index is 2.05. The first-order valence-corrected chi connectivity index (χ1v) is 4.96. The first kappa shape index (κ1) is 9.34. The Hall–Kier alpha value is -1.22. The van der Waals surface area contributed by atoms with Crippen LogP contribution in [0, 0.1) is 6.92 Å². The molecule has 1 aromatic carbocycles. The van der Waals surface area contributed by atoms with E-state index < -0.39 is 0 Å². The molecule has 3 heteroatoms. The molecule has 0 amide bonds. The van der Waals surface area contributed by atoms with E-state index in [0.717, 1.165) is 36.6 Å². The maximum atomic E-state index is 5.82. The van der Waals surface area contributed by atoms with Crippen molar-refractivity contribution in [1.29, 1.82) is 0 Å². The number of rotatable bonds is 2. The van der Waals surface area contributed by atoms with Crippen molar-refractivity contribution in [3.63, 3.8) is 0 Å². The van der Waals surface area contributed by atoms with Gasteiger partial charge in [0, 0.05) is 18.0 Å². The second-order valence-corrected chi connectivity index (χ2v) is 3.78. The van der Waals surface area contributed by atoms with Gasteiger partial charge in [-0.25, -0.2) is 0 Å². The van der Waals surface area contributed by atoms with Crippen LogP contribution in [0.25, 0.3) is 0 Å². The van der Waals surface area contributed by atoms with Crippen LogP contribution >= 0.6 is 0 Å². The summed E-state index contributed by atoms with van der Waals surface area (Å²) in [7, 11) is 0. The number of hydrogen-bond acceptors (Lipinski definition) is 3. The fourth-order valence-electron chi connectivity index (χ4n) is 1.61. The topological polar surface area (TPSA) is 47.3 Å². The highest BCUT2D eigenvalue weighted by Gasteiger charge is 2.14. The zero-order valence-electron chi connectivity index (χ0n) is 8.42. The van der Waals surface area contributed by atoms with Gasteiger partial charge in [-0.2, -0.15) is 0 Å². The van der Waals surface area contributed by atoms with Gasteiger partial charge in [-0.3, -0.25) is 0 Å². The molecule has 1 saturated heterocycles. The van der Waals surface area contributed by atoms with Crippen LogP contribution in [-0.4, -0.2) is 19.3 Å². The molecule has 3 N–H and O–H groups in total. The molecule has 0 radical (unpaired) electrons. The molecule has 0 spiro atoms. The average molecular weight is 192 g/mol. The molecule has 0 bridgehead atoms. The number of nitrogens with two attached hydrogens (primary N) is 1. The lowest BCUT2D eigenvalue weighted by molar-refractivity contribution is 0.195. The minimum atomic E-state index is 0.442. The van der Waals surface area contributed by atoms with Gasteiger partial charge in [0.2, 0.25) is 0 Å². The summed E-state index contributed by atoms with van der Waals surface area (Å²) in [5.74, 6) is 0. The fraction of sp³-hybridized carbons (Fsp3) is 0.455. The third-order valence-electron chi connectivity index (χ3n) is 2.58. The Labute approximate surface area is 84.3 Å². The molecule has 1 aliphatic rings. The third kappa shape index (κ3) is 1.99. The zero-order chi connectivity index (χ0) is 9.97. The number of anilines is 2. The van der Waals surface area contributed by atoms with Crippen molar-refractivity contribution in [3.8, 4) is 0 Å². The van der Waals surface area contributed by atoms with E-state index in [1.165, 1.54) is 0 Å². The first-order valence-electron chi connectivity index (χ1n) is 4.96. The maximum absolute atomic E-state index is 5.82. The monoisotopic (exact) mass is 192 g/mol. The minimum Gasteiger partial charge on any atom is -0.398 e. The van der Waals surface area contributed by atoms with Gasteiger partial charge < -0.3 is 15.8 Å². The molecular weight excluding hydrogens is 176 g/mol. The molecular formula is C11H16N2O. The minimum absolute atomic E-state index is 0.442. The highest BCUT2D eigenvalue weighted by atomic mass is 16.5. The van der Waals surface area contributed by atoms with Gasteiger partial charge in [0.1, 0.15) is 0 Å². The normalized spacial score (nSPS) is 21.1. The Bertz CT molecular complexity index is 319. The Morgan fingerprint density at radius 3 is 3.00 bits per heavy atom. The smallest absolute Gasteiger partial charge is 0.0668 e. The largest absolute Gasteiger partial charge is 0.398 e. The van der Waals surface area contributed by atoms with Crippen molar-refractivity contribution < 1.29 is 4.74 Å². The van der Waals surface area contributed by atoms with Gasteiger partial charge in [0.25, 0.3) is 0 Å². The van der Waals surface area contributed by atoms with Crippen LogP contribution in [0.2, 0.25) is 0 Å². The predicted octanol–water partition coefficient (Wildman–Crippen LogP) is 1.78. The third-order valence-corrected chi connectivity index (χ3v) is 2.58. The number of benzene rings is 1. The SMILES string of the molecule is Cc1ccc(NC2CCOC2)cc1N. The van der Waals surface area contributed by atoms with Gasteiger partial charge >= 0.3 is 0 Å². The highest BCUT2D eigenvalue weighted by Crippen LogP contribution is 2.19. The van der Waals surface area contributed by atoms with Gasteiger partial charge in [-0.1, -0.05) is 6.07 Å². The summed E-state index contributed by atoms with van der Waals surface area (Å²) in [6, 6.07) is 6.52. The lowest BCUT2D eigenvalue weighted by Gasteiger charge is -2.13. The molecule has 2 rings (SSSR count). The maximum Gasteiger partial charge on any atom is 0.0668 e. The van der Waals surface area contributed by atoms with Crippen LogP contribution in [0.1, 0.15) is 12.0 Å². The molecule has 1 unspecified atom stereocenters. The lowest BCUT2D eigenvalue weighted by Crippen LogP contribution is -2.18. The first-order chi connectivity index (χ1) is 6.75. The number of nitrogen functional groups attached to an aromatic ring is 1. The number of hydrogen-bond donors (Lipinski definition) is 2. The molecule has 1 heterocycles. The van der Waals surface area contributed by atoms with E-state index in [9.17, 15) is 0 Å². The molecule has 0 aromatic heterocycles. The van der Waals surface area contributed by atoms with E-state index in [0.29, 0.717) is 6.04 Å². The molecule has 1 aliphatic heterocycles. The Kier molecular flexibility index (Phi) is 2.59. The Morgan fingerprint density at radius 1 is 1.50 bits per heavy atom. The van der Waals surface area contributed by atoms with Crippen LogP contribution in [0.5, 0.6) is 0 Å². The molecule has 0 aliphatic carbocycles. The summed E-state index contributed by atoms with van der Waals surface area (Å²) in [5.41, 5.74) is 8.88. The molecule has 14 heavy (non-hydrogen) atoms. The van der Waals surface area contributed by atoms with Crippen LogP contribution in [0.3, 0.4) is 0 Å². The zero-order valence-corrected chi connectivity index (χ0v) is 8.42. The molecule has 3 nitrogen and oxygen atoms in total. The van der Waals surface area contributed by atoms with Crippen molar-refractivity contribution in [3.05, 3.63) is 23.8 Å². The standard InChI is InChI=1S/C11H16N2O/c1-8-2-3-9(6-11(8)12)13-10-4-5-14-7-10/h2-3,6,10,13H,4-5,7,12H2,1H3. The summed E-state index contributed by atoms with van der Waals surface area (Å²) >= 11 is 0. The highest BCUT2D eigenvalue weighted by molar-refractivity contribution is 5.58. The number of ether oxygens (including phenoxy) is 1. The second-order valence-electron chi connectivity index (χ2n) is 3.78.